The molecule has 4 fully saturated rings. The van der Waals surface area contributed by atoms with Gasteiger partial charge in [-0.2, -0.15) is 0 Å². The van der Waals surface area contributed by atoms with Gasteiger partial charge in [-0.3, -0.25) is 47.2 Å². The van der Waals surface area contributed by atoms with E-state index in [1.807, 2.05) is 0 Å². The highest BCUT2D eigenvalue weighted by Crippen LogP contribution is 2.42. The van der Waals surface area contributed by atoms with Crippen molar-refractivity contribution >= 4 is 72.3 Å². The monoisotopic (exact) mass is 2070 g/mol. The van der Waals surface area contributed by atoms with Crippen LogP contribution < -0.4 is 10.6 Å². The Balaban J connectivity index is 0.00000149. The van der Waals surface area contributed by atoms with Gasteiger partial charge < -0.3 is 195 Å². The first-order chi connectivity index (χ1) is 65.9. The first-order valence-corrected chi connectivity index (χ1v) is 50.4. The maximum absolute atomic E-state index is 13.3. The van der Waals surface area contributed by atoms with Crippen LogP contribution in [0, 0.1) is 5.41 Å². The maximum Gasteiger partial charge on any atom is 0.469 e. The van der Waals surface area contributed by atoms with Crippen molar-refractivity contribution in [1.82, 2.24) is 15.5 Å². The van der Waals surface area contributed by atoms with Crippen LogP contribution in [0.2, 0.25) is 5.82 Å². The number of rotatable bonds is 87. The molecule has 806 valence electrons. The molecule has 4 rings (SSSR count). The number of nitrogens with one attached hydrogen (secondary N) is 2. The Bertz CT molecular complexity index is 3110. The molecule has 17 N–H and O–H groups in total. The zero-order chi connectivity index (χ0) is 102. The molecule has 0 aromatic heterocycles. The van der Waals surface area contributed by atoms with Crippen LogP contribution in [0.15, 0.2) is 0 Å². The van der Waals surface area contributed by atoms with Gasteiger partial charge in [0.15, 0.2) is 18.9 Å². The number of carbonyl (C=O) groups is 7. The standard InChI is InChI=1S/C62H117N2O43P3.C19H32BNO7/c1-43(65)39-62(7-4-44(66)3-2-12-87-15-18-90-21-24-93-27-30-96-33-36-99-59-56(75)53(72)50(69)45(105-59)40-102-108(78,79)80,8-5-48(67)63-10-13-88-16-19-91-22-25-94-28-31-97-34-37-100-60-57(76)54(73)51(70)46(106-60)41-103-109(81,82)83)9-6-49(68)64-11-14-89-17-20-92-23-26-95-29-32-98-35-38-101-61-58(77)55(74)52(71)47(107-61)42-104-110(84,85)86;1-2-7-25-9-11-27-13-14-28-12-10-26-8-3-4-16(22)5-6-21-18(23)15-17(20)19(21)24/h45-47,50-61,69-77H,2-42H2,1H3,(H,63,67)(H,64,68)(H2,78,79,80)(H2,81,82,83)(H2,84,85,86);17H,2-15H2,1H3. The molecule has 2 radical (unpaired) electrons. The summed E-state index contributed by atoms with van der Waals surface area (Å²) >= 11 is 0. The number of nitrogens with zero attached hydrogens (tertiary/aromatic N) is 1. The Morgan fingerprint density at radius 3 is 0.891 bits per heavy atom. The fourth-order valence-electron chi connectivity index (χ4n) is 13.2. The van der Waals surface area contributed by atoms with E-state index in [-0.39, 0.29) is 297 Å². The molecule has 0 spiro atoms. The fraction of sp³-hybridized carbons (Fsp3) is 0.914. The summed E-state index contributed by atoms with van der Waals surface area (Å²) < 4.78 is 166. The summed E-state index contributed by atoms with van der Waals surface area (Å²) in [5, 5.41) is 96.5. The number of carbonyl (C=O) groups excluding carboxylic acids is 7. The van der Waals surface area contributed by atoms with Crippen LogP contribution in [0.25, 0.3) is 0 Å². The van der Waals surface area contributed by atoms with Crippen molar-refractivity contribution in [2.24, 2.45) is 5.41 Å². The number of imide groups is 1. The number of aliphatic hydroxyl groups excluding tert-OH is 9. The van der Waals surface area contributed by atoms with Crippen LogP contribution in [-0.4, -0.2) is 492 Å². The lowest BCUT2D eigenvalue weighted by Crippen LogP contribution is -2.59. The minimum Gasteiger partial charge on any atom is -0.387 e. The third kappa shape index (κ3) is 62.3. The molecule has 4 aliphatic rings. The van der Waals surface area contributed by atoms with Crippen molar-refractivity contribution < 1.29 is 240 Å². The van der Waals surface area contributed by atoms with Gasteiger partial charge in [0.05, 0.1) is 239 Å². The molecule has 4 aliphatic heterocycles. The van der Waals surface area contributed by atoms with E-state index in [9.17, 15) is 93.2 Å². The number of Topliss-reactive ketones (excluding diaryl/α,β-unsaturated/α-hetero) is 3. The van der Waals surface area contributed by atoms with Crippen molar-refractivity contribution in [2.75, 3.05) is 271 Å². The molecular formula is C81H149BN3O50P3. The van der Waals surface area contributed by atoms with Crippen LogP contribution in [0.1, 0.15) is 104 Å². The van der Waals surface area contributed by atoms with Gasteiger partial charge in [0.1, 0.15) is 90.6 Å². The van der Waals surface area contributed by atoms with Crippen molar-refractivity contribution in [3.63, 3.8) is 0 Å². The average Bonchev–Trinajstić information content (AvgIpc) is 0.985. The second-order valence-corrected chi connectivity index (χ2v) is 35.3. The number of aliphatic hydroxyl groups is 9. The zero-order valence-electron chi connectivity index (χ0n) is 78.5. The molecular weight excluding hydrogens is 1920 g/mol. The first-order valence-electron chi connectivity index (χ1n) is 45.8. The van der Waals surface area contributed by atoms with E-state index in [1.165, 1.54) is 6.92 Å². The van der Waals surface area contributed by atoms with E-state index in [1.54, 1.807) is 0 Å². The number of hydrogen-bond acceptors (Lipinski definition) is 44. The molecule has 0 saturated carbocycles. The van der Waals surface area contributed by atoms with Crippen LogP contribution in [0.5, 0.6) is 0 Å². The van der Waals surface area contributed by atoms with Crippen molar-refractivity contribution in [3.05, 3.63) is 0 Å². The lowest BCUT2D eigenvalue weighted by Gasteiger charge is -2.40. The summed E-state index contributed by atoms with van der Waals surface area (Å²) in [5.41, 5.74) is -0.887. The second-order valence-electron chi connectivity index (χ2n) is 31.6. The SMILES string of the molecule is CC(=O)CC(CCC(=O)CCCOCCOCCOCCOCCOC1OC(COP(=O)(O)O)C(O)C(O)C1O)(CCC(=O)NCCOCCOCCOCCOCCOC1OC(COP(=O)(O)O)C(O)C(O)C1O)CCC(=O)NCCOCCOCCOCCOCCOC1OC(COP(=O)(O)O)C(O)C(O)C1O.[B]C1CC(=O)N(CCC(=O)CCCOCCOCCOCCOCCC)C1=O. The molecule has 138 heavy (non-hydrogen) atoms. The van der Waals surface area contributed by atoms with Crippen molar-refractivity contribution in [1.29, 1.82) is 0 Å². The molecule has 4 amide bonds. The highest BCUT2D eigenvalue weighted by Gasteiger charge is 2.48. The molecule has 0 bridgehead atoms. The van der Waals surface area contributed by atoms with Gasteiger partial charge in [-0.1, -0.05) is 6.92 Å². The van der Waals surface area contributed by atoms with Crippen LogP contribution in [-0.2, 0) is 165 Å². The second kappa shape index (κ2) is 76.8. The Morgan fingerprint density at radius 1 is 0.362 bits per heavy atom. The zero-order valence-corrected chi connectivity index (χ0v) is 81.2. The van der Waals surface area contributed by atoms with Gasteiger partial charge in [-0.05, 0) is 50.9 Å². The summed E-state index contributed by atoms with van der Waals surface area (Å²) in [6, 6.07) is 0. The molecule has 0 aliphatic carbocycles. The average molecular weight is 2070 g/mol. The molecule has 53 nitrogen and oxygen atoms in total. The predicted octanol–water partition coefficient (Wildman–Crippen LogP) is -5.21. The smallest absolute Gasteiger partial charge is 0.387 e. The quantitative estimate of drug-likeness (QED) is 0.0117. The lowest BCUT2D eigenvalue weighted by atomic mass is 9.71. The number of amides is 4. The largest absolute Gasteiger partial charge is 0.469 e. The third-order valence-electron chi connectivity index (χ3n) is 20.4. The van der Waals surface area contributed by atoms with Gasteiger partial charge in [-0.15, -0.1) is 0 Å². The molecule has 0 aromatic rings. The number of phosphoric acid groups is 3. The maximum atomic E-state index is 13.3. The van der Waals surface area contributed by atoms with Crippen molar-refractivity contribution in [3.8, 4) is 0 Å². The van der Waals surface area contributed by atoms with Crippen molar-refractivity contribution in [2.45, 2.75) is 202 Å². The number of likely N-dealkylation sites (tertiary alicyclic amines) is 1. The molecule has 16 unspecified atom stereocenters. The highest BCUT2D eigenvalue weighted by atomic mass is 31.2. The van der Waals surface area contributed by atoms with E-state index in [0.29, 0.717) is 65.5 Å². The minimum atomic E-state index is -4.90. The fourth-order valence-corrected chi connectivity index (χ4v) is 14.2. The van der Waals surface area contributed by atoms with Gasteiger partial charge in [0, 0.05) is 96.6 Å². The Kier molecular flexibility index (Phi) is 71.4. The number of ketones is 3. The van der Waals surface area contributed by atoms with E-state index in [2.05, 4.69) is 31.1 Å². The predicted molar refractivity (Wildman–Crippen MR) is 471 cm³/mol. The van der Waals surface area contributed by atoms with Crippen LogP contribution in [0.4, 0.5) is 0 Å². The van der Waals surface area contributed by atoms with Crippen LogP contribution >= 0.6 is 23.5 Å². The third-order valence-corrected chi connectivity index (χ3v) is 21.9. The molecule has 57 heteroatoms. The minimum absolute atomic E-state index is 0.000913. The van der Waals surface area contributed by atoms with E-state index in [4.69, 9.17) is 141 Å². The van der Waals surface area contributed by atoms with Gasteiger partial charge in [0.2, 0.25) is 23.6 Å². The highest BCUT2D eigenvalue weighted by molar-refractivity contribution is 7.46. The molecule has 16 atom stereocenters. The number of ether oxygens (including phenoxy) is 22. The molecule has 0 aromatic carbocycles. The van der Waals surface area contributed by atoms with Gasteiger partial charge >= 0.3 is 23.5 Å². The normalized spacial score (nSPS) is 23.6. The Hall–Kier alpha value is -3.76. The number of phosphoric ester groups is 3. The number of hydrogen-bond donors (Lipinski definition) is 17. The topological polar surface area (TPSA) is 732 Å². The summed E-state index contributed by atoms with van der Waals surface area (Å²) in [7, 11) is -9.17. The summed E-state index contributed by atoms with van der Waals surface area (Å²) in [4.78, 5) is 142. The van der Waals surface area contributed by atoms with E-state index < -0.39 is 153 Å². The Labute approximate surface area is 802 Å². The van der Waals surface area contributed by atoms with E-state index >= 15 is 0 Å². The molecule has 4 heterocycles. The summed E-state index contributed by atoms with van der Waals surface area (Å²) in [6.07, 6.45) is -20.3. The van der Waals surface area contributed by atoms with Crippen LogP contribution in [0.3, 0.4) is 0 Å². The lowest BCUT2D eigenvalue weighted by molar-refractivity contribution is -0.301. The Morgan fingerprint density at radius 2 is 0.623 bits per heavy atom. The van der Waals surface area contributed by atoms with Gasteiger partial charge in [0.25, 0.3) is 0 Å². The van der Waals surface area contributed by atoms with Gasteiger partial charge in [-0.25, -0.2) is 13.7 Å². The summed E-state index contributed by atoms with van der Waals surface area (Å²) in [5.74, 6) is -2.38. The van der Waals surface area contributed by atoms with E-state index in [0.717, 1.165) is 17.9 Å². The summed E-state index contributed by atoms with van der Waals surface area (Å²) in [6.45, 7) is 10.1. The molecule has 4 saturated heterocycles. The first kappa shape index (κ1) is 128.